The fraction of sp³-hybridized carbons (Fsp3) is 0.625. The summed E-state index contributed by atoms with van der Waals surface area (Å²) in [6.07, 6.45) is 0.791. The number of hydrogen-bond acceptors (Lipinski definition) is 3. The first kappa shape index (κ1) is 17.5. The van der Waals surface area contributed by atoms with Gasteiger partial charge in [0.05, 0.1) is 17.2 Å². The summed E-state index contributed by atoms with van der Waals surface area (Å²) in [7, 11) is 1.66. The van der Waals surface area contributed by atoms with Gasteiger partial charge in [0.2, 0.25) is 0 Å². The molecular weight excluding hydrogens is 318 g/mol. The molecule has 4 heteroatoms. The summed E-state index contributed by atoms with van der Waals surface area (Å²) in [5.41, 5.74) is 0.490. The number of benzene rings is 1. The van der Waals surface area contributed by atoms with Crippen LogP contribution in [0.5, 0.6) is 5.75 Å². The van der Waals surface area contributed by atoms with Crippen molar-refractivity contribution in [3.63, 3.8) is 0 Å². The van der Waals surface area contributed by atoms with Gasteiger partial charge in [0.25, 0.3) is 0 Å². The minimum Gasteiger partial charge on any atom is -0.496 e. The zero-order chi connectivity index (χ0) is 15.3. The number of aliphatic hydroxyl groups is 1. The minimum absolute atomic E-state index is 0.177. The third kappa shape index (κ3) is 5.43. The zero-order valence-electron chi connectivity index (χ0n) is 13.0. The molecule has 0 radical (unpaired) electrons. The van der Waals surface area contributed by atoms with E-state index >= 15 is 0 Å². The second kappa shape index (κ2) is 7.43. The quantitative estimate of drug-likeness (QED) is 0.788. The fourth-order valence-electron chi connectivity index (χ4n) is 2.39. The highest BCUT2D eigenvalue weighted by Gasteiger charge is 2.22. The molecule has 2 atom stereocenters. The maximum Gasteiger partial charge on any atom is 0.133 e. The number of nitrogens with one attached hydrogen (secondary N) is 1. The number of halogens is 1. The van der Waals surface area contributed by atoms with Gasteiger partial charge in [0.1, 0.15) is 5.75 Å². The Morgan fingerprint density at radius 3 is 2.50 bits per heavy atom. The molecule has 0 aliphatic rings. The van der Waals surface area contributed by atoms with Crippen molar-refractivity contribution >= 4 is 15.9 Å². The molecule has 0 saturated carbocycles. The Morgan fingerprint density at radius 1 is 1.35 bits per heavy atom. The summed E-state index contributed by atoms with van der Waals surface area (Å²) >= 11 is 3.50. The normalized spacial score (nSPS) is 16.0. The Balaban J connectivity index is 2.63. The first-order valence-corrected chi connectivity index (χ1v) is 7.83. The Labute approximate surface area is 130 Å². The molecule has 0 amide bonds. The molecule has 0 saturated heterocycles. The van der Waals surface area contributed by atoms with Crippen LogP contribution in [0.25, 0.3) is 0 Å². The van der Waals surface area contributed by atoms with E-state index in [4.69, 9.17) is 4.74 Å². The van der Waals surface area contributed by atoms with Crippen LogP contribution in [0.3, 0.4) is 0 Å². The predicted molar refractivity (Wildman–Crippen MR) is 87.2 cm³/mol. The van der Waals surface area contributed by atoms with Crippen molar-refractivity contribution in [1.82, 2.24) is 5.32 Å². The van der Waals surface area contributed by atoms with Crippen molar-refractivity contribution < 1.29 is 9.84 Å². The lowest BCUT2D eigenvalue weighted by atomic mass is 9.94. The molecule has 20 heavy (non-hydrogen) atoms. The van der Waals surface area contributed by atoms with Crippen molar-refractivity contribution in [1.29, 1.82) is 0 Å². The van der Waals surface area contributed by atoms with Gasteiger partial charge in [-0.1, -0.05) is 19.9 Å². The van der Waals surface area contributed by atoms with Crippen molar-refractivity contribution in [3.8, 4) is 5.75 Å². The van der Waals surface area contributed by atoms with E-state index in [1.54, 1.807) is 7.11 Å². The van der Waals surface area contributed by atoms with Crippen LogP contribution in [0.1, 0.15) is 45.7 Å². The maximum atomic E-state index is 10.3. The summed E-state index contributed by atoms with van der Waals surface area (Å²) in [5.74, 6) is 1.31. The van der Waals surface area contributed by atoms with E-state index in [-0.39, 0.29) is 6.04 Å². The number of ether oxygens (including phenoxy) is 1. The van der Waals surface area contributed by atoms with Gasteiger partial charge in [-0.05, 0) is 59.8 Å². The molecule has 114 valence electrons. The van der Waals surface area contributed by atoms with E-state index in [1.807, 2.05) is 25.1 Å². The van der Waals surface area contributed by atoms with Crippen LogP contribution >= 0.6 is 15.9 Å². The standard InChI is InChI=1S/C16H26BrNO2/c1-11(2)9-16(4,19)10-18-12(3)13-6-7-15(20-5)14(17)8-13/h6-8,11-12,18-19H,9-10H2,1-5H3. The molecule has 0 aromatic heterocycles. The zero-order valence-corrected chi connectivity index (χ0v) is 14.6. The molecule has 0 fully saturated rings. The van der Waals surface area contributed by atoms with Gasteiger partial charge in [0.15, 0.2) is 0 Å². The van der Waals surface area contributed by atoms with Gasteiger partial charge >= 0.3 is 0 Å². The highest BCUT2D eigenvalue weighted by molar-refractivity contribution is 9.10. The number of hydrogen-bond donors (Lipinski definition) is 2. The van der Waals surface area contributed by atoms with Gasteiger partial charge in [-0.3, -0.25) is 0 Å². The molecule has 2 unspecified atom stereocenters. The minimum atomic E-state index is -0.674. The van der Waals surface area contributed by atoms with Gasteiger partial charge in [-0.25, -0.2) is 0 Å². The SMILES string of the molecule is COc1ccc(C(C)NCC(C)(O)CC(C)C)cc1Br. The summed E-state index contributed by atoms with van der Waals surface area (Å²) in [4.78, 5) is 0. The Bertz CT molecular complexity index is 432. The van der Waals surface area contributed by atoms with Gasteiger partial charge in [0, 0.05) is 12.6 Å². The Morgan fingerprint density at radius 2 is 2.00 bits per heavy atom. The second-order valence-corrected chi connectivity index (χ2v) is 6.95. The average molecular weight is 344 g/mol. The molecule has 2 N–H and O–H groups in total. The molecule has 1 aromatic rings. The Hall–Kier alpha value is -0.580. The van der Waals surface area contributed by atoms with Crippen LogP contribution < -0.4 is 10.1 Å². The molecule has 3 nitrogen and oxygen atoms in total. The Kier molecular flexibility index (Phi) is 6.49. The summed E-state index contributed by atoms with van der Waals surface area (Å²) in [5, 5.41) is 13.7. The van der Waals surface area contributed by atoms with Crippen LogP contribution in [0, 0.1) is 5.92 Å². The van der Waals surface area contributed by atoms with Crippen LogP contribution in [0.4, 0.5) is 0 Å². The van der Waals surface area contributed by atoms with Crippen molar-refractivity contribution in [2.24, 2.45) is 5.92 Å². The lowest BCUT2D eigenvalue weighted by Gasteiger charge is -2.28. The summed E-state index contributed by atoms with van der Waals surface area (Å²) in [6.45, 7) is 8.81. The molecule has 0 bridgehead atoms. The van der Waals surface area contributed by atoms with E-state index in [1.165, 1.54) is 0 Å². The number of rotatable bonds is 7. The van der Waals surface area contributed by atoms with E-state index in [9.17, 15) is 5.11 Å². The van der Waals surface area contributed by atoms with Crippen molar-refractivity contribution in [3.05, 3.63) is 28.2 Å². The van der Waals surface area contributed by atoms with E-state index < -0.39 is 5.60 Å². The van der Waals surface area contributed by atoms with Crippen molar-refractivity contribution in [2.75, 3.05) is 13.7 Å². The van der Waals surface area contributed by atoms with E-state index in [2.05, 4.69) is 42.0 Å². The monoisotopic (exact) mass is 343 g/mol. The van der Waals surface area contributed by atoms with Crippen LogP contribution in [0.15, 0.2) is 22.7 Å². The van der Waals surface area contributed by atoms with Gasteiger partial charge < -0.3 is 15.2 Å². The lowest BCUT2D eigenvalue weighted by molar-refractivity contribution is 0.0363. The molecule has 0 spiro atoms. The largest absolute Gasteiger partial charge is 0.496 e. The molecule has 0 heterocycles. The first-order valence-electron chi connectivity index (χ1n) is 7.04. The first-order chi connectivity index (χ1) is 9.25. The lowest BCUT2D eigenvalue weighted by Crippen LogP contribution is -2.39. The van der Waals surface area contributed by atoms with Crippen LogP contribution in [-0.4, -0.2) is 24.4 Å². The summed E-state index contributed by atoms with van der Waals surface area (Å²) in [6, 6.07) is 6.21. The molecule has 0 aliphatic carbocycles. The second-order valence-electron chi connectivity index (χ2n) is 6.09. The van der Waals surface area contributed by atoms with Gasteiger partial charge in [-0.15, -0.1) is 0 Å². The van der Waals surface area contributed by atoms with E-state index in [0.717, 1.165) is 22.2 Å². The smallest absolute Gasteiger partial charge is 0.133 e. The van der Waals surface area contributed by atoms with Gasteiger partial charge in [-0.2, -0.15) is 0 Å². The highest BCUT2D eigenvalue weighted by Crippen LogP contribution is 2.28. The molecule has 1 rings (SSSR count). The number of methoxy groups -OCH3 is 1. The fourth-order valence-corrected chi connectivity index (χ4v) is 2.95. The summed E-state index contributed by atoms with van der Waals surface area (Å²) < 4.78 is 6.17. The van der Waals surface area contributed by atoms with Crippen LogP contribution in [-0.2, 0) is 0 Å². The molecule has 1 aromatic carbocycles. The van der Waals surface area contributed by atoms with E-state index in [0.29, 0.717) is 12.5 Å². The molecular formula is C16H26BrNO2. The van der Waals surface area contributed by atoms with Crippen molar-refractivity contribution in [2.45, 2.75) is 45.8 Å². The maximum absolute atomic E-state index is 10.3. The molecule has 0 aliphatic heterocycles. The predicted octanol–water partition coefficient (Wildman–Crippen LogP) is 3.91. The van der Waals surface area contributed by atoms with Crippen LogP contribution in [0.2, 0.25) is 0 Å². The topological polar surface area (TPSA) is 41.5 Å². The third-order valence-electron chi connectivity index (χ3n) is 3.31. The third-order valence-corrected chi connectivity index (χ3v) is 3.93. The highest BCUT2D eigenvalue weighted by atomic mass is 79.9. The average Bonchev–Trinajstić information content (AvgIpc) is 2.34.